The van der Waals surface area contributed by atoms with E-state index in [2.05, 4.69) is 0 Å². The van der Waals surface area contributed by atoms with Gasteiger partial charge in [-0.1, -0.05) is 12.8 Å². The number of rotatable bonds is 3. The number of nitriles is 1. The maximum absolute atomic E-state index is 13.2. The van der Waals surface area contributed by atoms with E-state index in [9.17, 15) is 18.3 Å². The first-order valence-corrected chi connectivity index (χ1v) is 9.57. The minimum atomic E-state index is -3.92. The van der Waals surface area contributed by atoms with Gasteiger partial charge in [-0.25, -0.2) is 8.42 Å². The van der Waals surface area contributed by atoms with E-state index in [1.807, 2.05) is 6.07 Å². The minimum absolute atomic E-state index is 0.0963. The van der Waals surface area contributed by atoms with Crippen LogP contribution in [0.15, 0.2) is 23.1 Å². The summed E-state index contributed by atoms with van der Waals surface area (Å²) < 4.78 is 27.6. The Balaban J connectivity index is 2.06. The second-order valence-corrected chi connectivity index (χ2v) is 8.44. The van der Waals surface area contributed by atoms with E-state index in [0.29, 0.717) is 24.0 Å². The summed E-state index contributed by atoms with van der Waals surface area (Å²) in [7, 11) is -3.92. The van der Waals surface area contributed by atoms with Crippen molar-refractivity contribution in [2.24, 2.45) is 5.92 Å². The quantitative estimate of drug-likeness (QED) is 0.903. The van der Waals surface area contributed by atoms with Crippen molar-refractivity contribution in [2.75, 3.05) is 0 Å². The molecule has 1 saturated carbocycles. The molecule has 0 radical (unpaired) electrons. The smallest absolute Gasteiger partial charge is 0.322 e. The fourth-order valence-corrected chi connectivity index (χ4v) is 6.18. The fraction of sp³-hybridized carbons (Fsp3) is 0.529. The average Bonchev–Trinajstić information content (AvgIpc) is 2.95. The molecule has 128 valence electrons. The summed E-state index contributed by atoms with van der Waals surface area (Å²) in [6.07, 6.45) is 3.92. The van der Waals surface area contributed by atoms with Crippen molar-refractivity contribution >= 4 is 16.0 Å². The highest BCUT2D eigenvalue weighted by Crippen LogP contribution is 2.43. The molecule has 24 heavy (non-hydrogen) atoms. The number of carboxylic acid groups (broad SMARTS) is 1. The summed E-state index contributed by atoms with van der Waals surface area (Å²) in [4.78, 5) is 11.8. The average molecular weight is 348 g/mol. The first-order valence-electron chi connectivity index (χ1n) is 8.13. The molecule has 6 nitrogen and oxygen atoms in total. The van der Waals surface area contributed by atoms with Crippen molar-refractivity contribution in [3.8, 4) is 6.07 Å². The Hall–Kier alpha value is -1.91. The third kappa shape index (κ3) is 2.70. The van der Waals surface area contributed by atoms with E-state index < -0.39 is 22.0 Å². The number of hydrogen-bond donors (Lipinski definition) is 1. The van der Waals surface area contributed by atoms with Crippen LogP contribution >= 0.6 is 0 Å². The van der Waals surface area contributed by atoms with Crippen LogP contribution in [0.4, 0.5) is 0 Å². The van der Waals surface area contributed by atoms with Gasteiger partial charge < -0.3 is 5.11 Å². The van der Waals surface area contributed by atoms with Crippen molar-refractivity contribution in [1.82, 2.24) is 4.31 Å². The number of sulfonamides is 1. The lowest BCUT2D eigenvalue weighted by Crippen LogP contribution is -2.46. The van der Waals surface area contributed by atoms with Gasteiger partial charge in [0, 0.05) is 6.04 Å². The van der Waals surface area contributed by atoms with Crippen LogP contribution in [-0.2, 0) is 14.8 Å². The minimum Gasteiger partial charge on any atom is -0.480 e. The predicted octanol–water partition coefficient (Wildman–Crippen LogP) is 2.27. The number of hydrogen-bond acceptors (Lipinski definition) is 4. The Labute approximate surface area is 141 Å². The highest BCUT2D eigenvalue weighted by molar-refractivity contribution is 7.89. The van der Waals surface area contributed by atoms with Crippen LogP contribution in [0.1, 0.15) is 43.2 Å². The molecule has 3 rings (SSSR count). The molecule has 0 bridgehead atoms. The van der Waals surface area contributed by atoms with E-state index in [-0.39, 0.29) is 16.9 Å². The van der Waals surface area contributed by atoms with Crippen molar-refractivity contribution in [3.63, 3.8) is 0 Å². The van der Waals surface area contributed by atoms with Crippen molar-refractivity contribution < 1.29 is 18.3 Å². The van der Waals surface area contributed by atoms with Gasteiger partial charge in [0.25, 0.3) is 0 Å². The first kappa shape index (κ1) is 16.9. The number of benzene rings is 1. The van der Waals surface area contributed by atoms with E-state index in [0.717, 1.165) is 19.3 Å². The molecule has 2 aliphatic rings. The van der Waals surface area contributed by atoms with Gasteiger partial charge in [0.1, 0.15) is 6.04 Å². The van der Waals surface area contributed by atoms with Gasteiger partial charge in [-0.2, -0.15) is 9.57 Å². The van der Waals surface area contributed by atoms with E-state index in [1.54, 1.807) is 6.92 Å². The number of aryl methyl sites for hydroxylation is 1. The number of fused-ring (bicyclic) bond motifs is 1. The fourth-order valence-electron chi connectivity index (χ4n) is 4.10. The van der Waals surface area contributed by atoms with Crippen molar-refractivity contribution in [3.05, 3.63) is 29.3 Å². The summed E-state index contributed by atoms with van der Waals surface area (Å²) in [5.74, 6) is -0.965. The molecular formula is C17H20N2O4S. The summed E-state index contributed by atoms with van der Waals surface area (Å²) in [6.45, 7) is 1.64. The SMILES string of the molecule is Cc1cc(C#N)ccc1S(=O)(=O)N1C(C(=O)O)CC2CCCCC21. The largest absolute Gasteiger partial charge is 0.480 e. The molecule has 1 aliphatic heterocycles. The molecule has 1 aromatic rings. The topological polar surface area (TPSA) is 98.5 Å². The summed E-state index contributed by atoms with van der Waals surface area (Å²) >= 11 is 0. The van der Waals surface area contributed by atoms with E-state index in [4.69, 9.17) is 5.26 Å². The van der Waals surface area contributed by atoms with Gasteiger partial charge in [0.15, 0.2) is 0 Å². The lowest BCUT2D eigenvalue weighted by molar-refractivity contribution is -0.141. The highest BCUT2D eigenvalue weighted by atomic mass is 32.2. The number of carbonyl (C=O) groups is 1. The molecule has 7 heteroatoms. The standard InChI is InChI=1S/C17H20N2O4S/c1-11-8-12(10-18)6-7-16(11)24(22,23)19-14-5-3-2-4-13(14)9-15(19)17(20)21/h6-8,13-15H,2-5,9H2,1H3,(H,20,21). The van der Waals surface area contributed by atoms with Gasteiger partial charge in [-0.15, -0.1) is 0 Å². The molecule has 1 aromatic carbocycles. The monoisotopic (exact) mass is 348 g/mol. The summed E-state index contributed by atoms with van der Waals surface area (Å²) in [5, 5.41) is 18.5. The van der Waals surface area contributed by atoms with Gasteiger partial charge in [-0.3, -0.25) is 4.79 Å². The maximum Gasteiger partial charge on any atom is 0.322 e. The zero-order valence-corrected chi connectivity index (χ0v) is 14.3. The molecule has 3 unspecified atom stereocenters. The van der Waals surface area contributed by atoms with Crippen LogP contribution in [-0.4, -0.2) is 35.9 Å². The van der Waals surface area contributed by atoms with Crippen LogP contribution in [0.2, 0.25) is 0 Å². The second kappa shape index (κ2) is 6.19. The van der Waals surface area contributed by atoms with Crippen LogP contribution in [0.25, 0.3) is 0 Å². The zero-order chi connectivity index (χ0) is 17.5. The number of aliphatic carboxylic acids is 1. The molecule has 1 saturated heterocycles. The van der Waals surface area contributed by atoms with Crippen molar-refractivity contribution in [2.45, 2.75) is 56.0 Å². The Morgan fingerprint density at radius 1 is 1.33 bits per heavy atom. The molecule has 0 aromatic heterocycles. The van der Waals surface area contributed by atoms with Gasteiger partial charge in [0.05, 0.1) is 16.5 Å². The maximum atomic E-state index is 13.2. The lowest BCUT2D eigenvalue weighted by Gasteiger charge is -2.32. The first-order chi connectivity index (χ1) is 11.4. The van der Waals surface area contributed by atoms with Crippen LogP contribution in [0.5, 0.6) is 0 Å². The zero-order valence-electron chi connectivity index (χ0n) is 13.5. The molecule has 1 N–H and O–H groups in total. The third-order valence-electron chi connectivity index (χ3n) is 5.17. The Kier molecular flexibility index (Phi) is 4.37. The molecule has 0 amide bonds. The van der Waals surface area contributed by atoms with E-state index in [1.165, 1.54) is 22.5 Å². The van der Waals surface area contributed by atoms with E-state index >= 15 is 0 Å². The normalized spacial score (nSPS) is 27.4. The Morgan fingerprint density at radius 3 is 2.67 bits per heavy atom. The Morgan fingerprint density at radius 2 is 2.04 bits per heavy atom. The van der Waals surface area contributed by atoms with Gasteiger partial charge in [0.2, 0.25) is 10.0 Å². The Bertz CT molecular complexity index is 812. The van der Waals surface area contributed by atoms with Gasteiger partial charge in [-0.05, 0) is 55.9 Å². The summed E-state index contributed by atoms with van der Waals surface area (Å²) in [5.41, 5.74) is 0.857. The second-order valence-electron chi connectivity index (χ2n) is 6.63. The predicted molar refractivity (Wildman–Crippen MR) is 86.7 cm³/mol. The number of nitrogens with zero attached hydrogens (tertiary/aromatic N) is 2. The summed E-state index contributed by atoms with van der Waals surface area (Å²) in [6, 6.07) is 5.15. The highest BCUT2D eigenvalue weighted by Gasteiger charge is 2.51. The van der Waals surface area contributed by atoms with Crippen LogP contribution < -0.4 is 0 Å². The van der Waals surface area contributed by atoms with Gasteiger partial charge >= 0.3 is 5.97 Å². The molecule has 3 atom stereocenters. The lowest BCUT2D eigenvalue weighted by atomic mass is 9.85. The molecule has 2 fully saturated rings. The third-order valence-corrected chi connectivity index (χ3v) is 7.27. The van der Waals surface area contributed by atoms with Crippen LogP contribution in [0, 0.1) is 24.2 Å². The molecule has 1 aliphatic carbocycles. The number of carboxylic acids is 1. The molecular weight excluding hydrogens is 328 g/mol. The molecule has 0 spiro atoms. The van der Waals surface area contributed by atoms with Crippen LogP contribution in [0.3, 0.4) is 0 Å². The van der Waals surface area contributed by atoms with Crippen molar-refractivity contribution in [1.29, 1.82) is 5.26 Å². The molecule has 1 heterocycles.